The molecule has 0 bridgehead atoms. The summed E-state index contributed by atoms with van der Waals surface area (Å²) in [5.74, 6) is 1.34. The van der Waals surface area contributed by atoms with E-state index in [0.717, 1.165) is 17.2 Å². The van der Waals surface area contributed by atoms with Crippen molar-refractivity contribution in [1.82, 2.24) is 15.0 Å². The average Bonchev–Trinajstić information content (AvgIpc) is 2.85. The Hall–Kier alpha value is -1.69. The molecule has 0 saturated carbocycles. The van der Waals surface area contributed by atoms with Crippen LogP contribution in [0.3, 0.4) is 0 Å². The van der Waals surface area contributed by atoms with Crippen molar-refractivity contribution in [3.63, 3.8) is 0 Å². The SMILES string of the molecule is CCOc1cc(NCc2ncc(CC)s2)ncn1. The van der Waals surface area contributed by atoms with Crippen LogP contribution in [-0.2, 0) is 13.0 Å². The second-order valence-electron chi connectivity index (χ2n) is 3.60. The molecule has 0 aliphatic carbocycles. The molecule has 2 aromatic heterocycles. The van der Waals surface area contributed by atoms with Crippen LogP contribution in [0.2, 0.25) is 0 Å². The van der Waals surface area contributed by atoms with Crippen molar-refractivity contribution < 1.29 is 4.74 Å². The van der Waals surface area contributed by atoms with Gasteiger partial charge in [0.2, 0.25) is 5.88 Å². The first kappa shape index (κ1) is 12.8. The first-order valence-corrected chi connectivity index (χ1v) is 6.75. The topological polar surface area (TPSA) is 59.9 Å². The van der Waals surface area contributed by atoms with Crippen molar-refractivity contribution in [2.45, 2.75) is 26.8 Å². The molecule has 5 nitrogen and oxygen atoms in total. The van der Waals surface area contributed by atoms with E-state index >= 15 is 0 Å². The van der Waals surface area contributed by atoms with Gasteiger partial charge in [-0.05, 0) is 13.3 Å². The van der Waals surface area contributed by atoms with Crippen molar-refractivity contribution in [2.24, 2.45) is 0 Å². The Labute approximate surface area is 110 Å². The van der Waals surface area contributed by atoms with E-state index in [0.29, 0.717) is 19.0 Å². The number of rotatable bonds is 6. The molecule has 0 fully saturated rings. The molecule has 0 atom stereocenters. The minimum Gasteiger partial charge on any atom is -0.478 e. The molecule has 2 aromatic rings. The molecule has 96 valence electrons. The third-order valence-corrected chi connectivity index (χ3v) is 3.45. The maximum atomic E-state index is 5.32. The van der Waals surface area contributed by atoms with Gasteiger partial charge in [-0.15, -0.1) is 11.3 Å². The molecule has 0 saturated heterocycles. The van der Waals surface area contributed by atoms with E-state index in [4.69, 9.17) is 4.74 Å². The lowest BCUT2D eigenvalue weighted by atomic mass is 10.4. The molecule has 6 heteroatoms. The summed E-state index contributed by atoms with van der Waals surface area (Å²) in [6.07, 6.45) is 4.44. The third-order valence-electron chi connectivity index (χ3n) is 2.30. The molecule has 0 spiro atoms. The van der Waals surface area contributed by atoms with Gasteiger partial charge in [-0.3, -0.25) is 0 Å². The Kier molecular flexibility index (Phi) is 4.46. The van der Waals surface area contributed by atoms with E-state index in [1.807, 2.05) is 13.1 Å². The largest absolute Gasteiger partial charge is 0.478 e. The molecule has 2 heterocycles. The highest BCUT2D eigenvalue weighted by Crippen LogP contribution is 2.16. The molecular formula is C12H16N4OS. The number of ether oxygens (including phenoxy) is 1. The van der Waals surface area contributed by atoms with Crippen molar-refractivity contribution in [3.05, 3.63) is 28.5 Å². The highest BCUT2D eigenvalue weighted by molar-refractivity contribution is 7.11. The van der Waals surface area contributed by atoms with E-state index < -0.39 is 0 Å². The molecule has 1 N–H and O–H groups in total. The zero-order valence-corrected chi connectivity index (χ0v) is 11.3. The molecule has 0 aliphatic heterocycles. The second-order valence-corrected chi connectivity index (χ2v) is 4.80. The lowest BCUT2D eigenvalue weighted by molar-refractivity contribution is 0.326. The molecular weight excluding hydrogens is 248 g/mol. The van der Waals surface area contributed by atoms with Crippen LogP contribution in [0.15, 0.2) is 18.6 Å². The van der Waals surface area contributed by atoms with Gasteiger partial charge in [-0.2, -0.15) is 0 Å². The Morgan fingerprint density at radius 3 is 2.89 bits per heavy atom. The van der Waals surface area contributed by atoms with Gasteiger partial charge in [-0.1, -0.05) is 6.92 Å². The van der Waals surface area contributed by atoms with Gasteiger partial charge in [0.1, 0.15) is 17.2 Å². The van der Waals surface area contributed by atoms with E-state index in [-0.39, 0.29) is 0 Å². The van der Waals surface area contributed by atoms with Crippen LogP contribution in [-0.4, -0.2) is 21.6 Å². The van der Waals surface area contributed by atoms with Gasteiger partial charge in [-0.25, -0.2) is 15.0 Å². The highest BCUT2D eigenvalue weighted by atomic mass is 32.1. The summed E-state index contributed by atoms with van der Waals surface area (Å²) in [7, 11) is 0. The van der Waals surface area contributed by atoms with E-state index in [2.05, 4.69) is 27.2 Å². The molecule has 0 aromatic carbocycles. The number of aromatic nitrogens is 3. The smallest absolute Gasteiger partial charge is 0.218 e. The van der Waals surface area contributed by atoms with Gasteiger partial charge >= 0.3 is 0 Å². The average molecular weight is 264 g/mol. The number of nitrogens with one attached hydrogen (secondary N) is 1. The Morgan fingerprint density at radius 2 is 2.17 bits per heavy atom. The summed E-state index contributed by atoms with van der Waals surface area (Å²) in [5.41, 5.74) is 0. The molecule has 18 heavy (non-hydrogen) atoms. The summed E-state index contributed by atoms with van der Waals surface area (Å²) in [6.45, 7) is 5.33. The predicted octanol–water partition coefficient (Wildman–Crippen LogP) is 2.51. The first-order chi connectivity index (χ1) is 8.81. The van der Waals surface area contributed by atoms with Crippen molar-refractivity contribution in [1.29, 1.82) is 0 Å². The maximum Gasteiger partial charge on any atom is 0.218 e. The summed E-state index contributed by atoms with van der Waals surface area (Å²) in [6, 6.07) is 1.79. The first-order valence-electron chi connectivity index (χ1n) is 5.94. The standard InChI is InChI=1S/C12H16N4OS/c1-3-9-6-14-12(18-9)7-13-10-5-11(17-4-2)16-8-15-10/h5-6,8H,3-4,7H2,1-2H3,(H,13,15,16). The van der Waals surface area contributed by atoms with Gasteiger partial charge in [0.15, 0.2) is 0 Å². The minimum absolute atomic E-state index is 0.586. The molecule has 2 rings (SSSR count). The second kappa shape index (κ2) is 6.30. The summed E-state index contributed by atoms with van der Waals surface area (Å²) < 4.78 is 5.32. The van der Waals surface area contributed by atoms with Gasteiger partial charge in [0.05, 0.1) is 13.2 Å². The fraction of sp³-hybridized carbons (Fsp3) is 0.417. The summed E-state index contributed by atoms with van der Waals surface area (Å²) >= 11 is 1.72. The number of aryl methyl sites for hydroxylation is 1. The molecule has 0 radical (unpaired) electrons. The zero-order valence-electron chi connectivity index (χ0n) is 10.5. The fourth-order valence-electron chi connectivity index (χ4n) is 1.42. The number of nitrogens with zero attached hydrogens (tertiary/aromatic N) is 3. The number of hydrogen-bond donors (Lipinski definition) is 1. The lowest BCUT2D eigenvalue weighted by Crippen LogP contribution is -2.02. The quantitative estimate of drug-likeness (QED) is 0.868. The Balaban J connectivity index is 1.94. The number of anilines is 1. The van der Waals surface area contributed by atoms with E-state index in [1.165, 1.54) is 11.2 Å². The van der Waals surface area contributed by atoms with Crippen LogP contribution < -0.4 is 10.1 Å². The Morgan fingerprint density at radius 1 is 1.28 bits per heavy atom. The van der Waals surface area contributed by atoms with Crippen LogP contribution >= 0.6 is 11.3 Å². The van der Waals surface area contributed by atoms with Gasteiger partial charge < -0.3 is 10.1 Å². The van der Waals surface area contributed by atoms with Gasteiger partial charge in [0, 0.05) is 17.1 Å². The highest BCUT2D eigenvalue weighted by Gasteiger charge is 2.02. The number of thiazole rings is 1. The van der Waals surface area contributed by atoms with E-state index in [1.54, 1.807) is 17.4 Å². The monoisotopic (exact) mass is 264 g/mol. The third kappa shape index (κ3) is 3.40. The molecule has 0 aliphatic rings. The normalized spacial score (nSPS) is 10.3. The maximum absolute atomic E-state index is 5.32. The van der Waals surface area contributed by atoms with Gasteiger partial charge in [0.25, 0.3) is 0 Å². The molecule has 0 unspecified atom stereocenters. The van der Waals surface area contributed by atoms with Crippen LogP contribution in [0.1, 0.15) is 23.7 Å². The van der Waals surface area contributed by atoms with Crippen molar-refractivity contribution in [2.75, 3.05) is 11.9 Å². The zero-order chi connectivity index (χ0) is 12.8. The predicted molar refractivity (Wildman–Crippen MR) is 72.0 cm³/mol. The van der Waals surface area contributed by atoms with Crippen LogP contribution in [0, 0.1) is 0 Å². The fourth-order valence-corrected chi connectivity index (χ4v) is 2.22. The number of hydrogen-bond acceptors (Lipinski definition) is 6. The van der Waals surface area contributed by atoms with E-state index in [9.17, 15) is 0 Å². The summed E-state index contributed by atoms with van der Waals surface area (Å²) in [4.78, 5) is 13.8. The van der Waals surface area contributed by atoms with Crippen LogP contribution in [0.4, 0.5) is 5.82 Å². The Bertz CT molecular complexity index is 500. The lowest BCUT2D eigenvalue weighted by Gasteiger charge is -2.05. The van der Waals surface area contributed by atoms with Crippen molar-refractivity contribution in [3.8, 4) is 5.88 Å². The van der Waals surface area contributed by atoms with Crippen molar-refractivity contribution >= 4 is 17.2 Å². The summed E-state index contributed by atoms with van der Waals surface area (Å²) in [5, 5.41) is 4.27. The molecule has 0 amide bonds. The van der Waals surface area contributed by atoms with Crippen LogP contribution in [0.25, 0.3) is 0 Å². The van der Waals surface area contributed by atoms with Crippen LogP contribution in [0.5, 0.6) is 5.88 Å². The minimum atomic E-state index is 0.586.